The van der Waals surface area contributed by atoms with E-state index < -0.39 is 0 Å². The van der Waals surface area contributed by atoms with Gasteiger partial charge in [0, 0.05) is 12.1 Å². The molecule has 0 saturated carbocycles. The second-order valence-electron chi connectivity index (χ2n) is 4.59. The first-order chi connectivity index (χ1) is 10.3. The monoisotopic (exact) mass is 284 g/mol. The van der Waals surface area contributed by atoms with Crippen LogP contribution in [-0.2, 0) is 13.2 Å². The molecule has 0 radical (unpaired) electrons. The molecule has 3 aromatic rings. The second-order valence-corrected chi connectivity index (χ2v) is 4.59. The lowest BCUT2D eigenvalue weighted by Crippen LogP contribution is -1.98. The third kappa shape index (κ3) is 2.95. The average molecular weight is 284 g/mol. The number of aryl methyl sites for hydroxylation is 1. The number of ether oxygens (including phenoxy) is 1. The molecule has 0 fully saturated rings. The van der Waals surface area contributed by atoms with Crippen LogP contribution in [0.15, 0.2) is 47.1 Å². The standard InChI is InChI=1S/C15H16N4O2/c1-11-12(8-16)7-14(21-11)9-20-15-17-10-19(18-15)13-5-3-2-4-6-13/h2-7,10H,8-9,16H2,1H3. The van der Waals surface area contributed by atoms with Crippen molar-refractivity contribution in [1.29, 1.82) is 0 Å². The third-order valence-corrected chi connectivity index (χ3v) is 3.13. The molecule has 0 aliphatic carbocycles. The lowest BCUT2D eigenvalue weighted by molar-refractivity contribution is 0.248. The Bertz CT molecular complexity index is 718. The number of nitrogens with two attached hydrogens (primary N) is 1. The predicted molar refractivity (Wildman–Crippen MR) is 77.0 cm³/mol. The van der Waals surface area contributed by atoms with Gasteiger partial charge in [0.1, 0.15) is 24.5 Å². The molecule has 21 heavy (non-hydrogen) atoms. The quantitative estimate of drug-likeness (QED) is 0.777. The highest BCUT2D eigenvalue weighted by molar-refractivity contribution is 5.29. The molecule has 2 aromatic heterocycles. The number of aromatic nitrogens is 3. The highest BCUT2D eigenvalue weighted by atomic mass is 16.5. The fourth-order valence-electron chi connectivity index (χ4n) is 2.02. The number of hydrogen-bond donors (Lipinski definition) is 1. The summed E-state index contributed by atoms with van der Waals surface area (Å²) < 4.78 is 12.7. The minimum atomic E-state index is 0.277. The highest BCUT2D eigenvalue weighted by Crippen LogP contribution is 2.16. The molecule has 0 saturated heterocycles. The number of nitrogens with zero attached hydrogens (tertiary/aromatic N) is 3. The van der Waals surface area contributed by atoms with Crippen molar-refractivity contribution in [3.63, 3.8) is 0 Å². The maximum absolute atomic E-state index is 5.61. The summed E-state index contributed by atoms with van der Waals surface area (Å²) in [5.41, 5.74) is 7.52. The van der Waals surface area contributed by atoms with E-state index >= 15 is 0 Å². The molecule has 0 bridgehead atoms. The maximum atomic E-state index is 5.61. The molecule has 0 amide bonds. The summed E-state index contributed by atoms with van der Waals surface area (Å²) >= 11 is 0. The SMILES string of the molecule is Cc1oc(COc2ncn(-c3ccccc3)n2)cc1CN. The summed E-state index contributed by atoms with van der Waals surface area (Å²) in [6.07, 6.45) is 1.61. The van der Waals surface area contributed by atoms with Gasteiger partial charge in [0.25, 0.3) is 0 Å². The topological polar surface area (TPSA) is 79.1 Å². The van der Waals surface area contributed by atoms with Crippen LogP contribution in [0.2, 0.25) is 0 Å². The molecule has 3 rings (SSSR count). The summed E-state index contributed by atoms with van der Waals surface area (Å²) in [5.74, 6) is 1.53. The van der Waals surface area contributed by atoms with Gasteiger partial charge in [-0.3, -0.25) is 0 Å². The number of furan rings is 1. The van der Waals surface area contributed by atoms with Crippen LogP contribution in [0.5, 0.6) is 6.01 Å². The minimum Gasteiger partial charge on any atom is -0.462 e. The van der Waals surface area contributed by atoms with Gasteiger partial charge >= 0.3 is 6.01 Å². The average Bonchev–Trinajstić information content (AvgIpc) is 3.12. The number of para-hydroxylation sites is 1. The van der Waals surface area contributed by atoms with Crippen molar-refractivity contribution in [2.75, 3.05) is 0 Å². The van der Waals surface area contributed by atoms with Gasteiger partial charge < -0.3 is 14.9 Å². The van der Waals surface area contributed by atoms with E-state index in [4.69, 9.17) is 14.9 Å². The van der Waals surface area contributed by atoms with Crippen LogP contribution in [-0.4, -0.2) is 14.8 Å². The lowest BCUT2D eigenvalue weighted by atomic mass is 10.2. The molecule has 6 heteroatoms. The normalized spacial score (nSPS) is 10.8. The van der Waals surface area contributed by atoms with Crippen LogP contribution in [0.25, 0.3) is 5.69 Å². The fraction of sp³-hybridized carbons (Fsp3) is 0.200. The molecule has 0 unspecified atom stereocenters. The van der Waals surface area contributed by atoms with E-state index in [2.05, 4.69) is 10.1 Å². The first kappa shape index (κ1) is 13.4. The molecule has 1 aromatic carbocycles. The van der Waals surface area contributed by atoms with Gasteiger partial charge in [-0.1, -0.05) is 18.2 Å². The van der Waals surface area contributed by atoms with Crippen molar-refractivity contribution in [3.05, 3.63) is 59.8 Å². The highest BCUT2D eigenvalue weighted by Gasteiger charge is 2.08. The molecule has 0 aliphatic rings. The predicted octanol–water partition coefficient (Wildman–Crippen LogP) is 2.21. The molecular weight excluding hydrogens is 268 g/mol. The molecular formula is C15H16N4O2. The fourth-order valence-corrected chi connectivity index (χ4v) is 2.02. The van der Waals surface area contributed by atoms with Crippen molar-refractivity contribution in [1.82, 2.24) is 14.8 Å². The summed E-state index contributed by atoms with van der Waals surface area (Å²) in [4.78, 5) is 4.12. The second kappa shape index (κ2) is 5.80. The number of hydrogen-bond acceptors (Lipinski definition) is 5. The van der Waals surface area contributed by atoms with E-state index in [-0.39, 0.29) is 6.61 Å². The Kier molecular flexibility index (Phi) is 3.70. The van der Waals surface area contributed by atoms with Crippen LogP contribution in [0.3, 0.4) is 0 Å². The smallest absolute Gasteiger partial charge is 0.336 e. The van der Waals surface area contributed by atoms with E-state index in [1.165, 1.54) is 0 Å². The van der Waals surface area contributed by atoms with Crippen LogP contribution in [0.4, 0.5) is 0 Å². The van der Waals surface area contributed by atoms with Crippen LogP contribution < -0.4 is 10.5 Å². The van der Waals surface area contributed by atoms with Crippen molar-refractivity contribution >= 4 is 0 Å². The molecule has 0 aliphatic heterocycles. The first-order valence-electron chi connectivity index (χ1n) is 6.64. The van der Waals surface area contributed by atoms with Gasteiger partial charge in [0.15, 0.2) is 0 Å². The van der Waals surface area contributed by atoms with E-state index in [1.807, 2.05) is 43.3 Å². The van der Waals surface area contributed by atoms with Gasteiger partial charge in [-0.05, 0) is 25.1 Å². The molecule has 108 valence electrons. The summed E-state index contributed by atoms with van der Waals surface area (Å²) in [5, 5.41) is 4.26. The van der Waals surface area contributed by atoms with E-state index in [0.29, 0.717) is 18.3 Å². The zero-order chi connectivity index (χ0) is 14.7. The van der Waals surface area contributed by atoms with E-state index in [9.17, 15) is 0 Å². The van der Waals surface area contributed by atoms with Gasteiger partial charge in [-0.2, -0.15) is 4.98 Å². The van der Waals surface area contributed by atoms with E-state index in [0.717, 1.165) is 17.0 Å². The Morgan fingerprint density at radius 3 is 2.81 bits per heavy atom. The van der Waals surface area contributed by atoms with Gasteiger partial charge in [-0.25, -0.2) is 4.68 Å². The summed E-state index contributed by atoms with van der Waals surface area (Å²) in [7, 11) is 0. The zero-order valence-electron chi connectivity index (χ0n) is 11.7. The van der Waals surface area contributed by atoms with Crippen LogP contribution in [0, 0.1) is 6.92 Å². The number of benzene rings is 1. The maximum Gasteiger partial charge on any atom is 0.336 e. The zero-order valence-corrected chi connectivity index (χ0v) is 11.7. The van der Waals surface area contributed by atoms with E-state index in [1.54, 1.807) is 11.0 Å². The Balaban J connectivity index is 1.67. The van der Waals surface area contributed by atoms with Crippen molar-refractivity contribution in [2.24, 2.45) is 5.73 Å². The molecule has 2 N–H and O–H groups in total. The summed E-state index contributed by atoms with van der Waals surface area (Å²) in [6, 6.07) is 11.9. The Morgan fingerprint density at radius 1 is 1.29 bits per heavy atom. The molecule has 0 atom stereocenters. The van der Waals surface area contributed by atoms with Gasteiger partial charge in [0.2, 0.25) is 0 Å². The van der Waals surface area contributed by atoms with Crippen molar-refractivity contribution < 1.29 is 9.15 Å². The molecule has 2 heterocycles. The minimum absolute atomic E-state index is 0.277. The van der Waals surface area contributed by atoms with Gasteiger partial charge in [-0.15, -0.1) is 5.10 Å². The Labute approximate surface area is 122 Å². The van der Waals surface area contributed by atoms with Crippen molar-refractivity contribution in [3.8, 4) is 11.7 Å². The van der Waals surface area contributed by atoms with Crippen LogP contribution >= 0.6 is 0 Å². The largest absolute Gasteiger partial charge is 0.462 e. The third-order valence-electron chi connectivity index (χ3n) is 3.13. The first-order valence-corrected chi connectivity index (χ1v) is 6.64. The Morgan fingerprint density at radius 2 is 2.10 bits per heavy atom. The lowest BCUT2D eigenvalue weighted by Gasteiger charge is -1.99. The number of rotatable bonds is 5. The van der Waals surface area contributed by atoms with Crippen molar-refractivity contribution in [2.45, 2.75) is 20.1 Å². The van der Waals surface area contributed by atoms with Crippen LogP contribution in [0.1, 0.15) is 17.1 Å². The van der Waals surface area contributed by atoms with Gasteiger partial charge in [0.05, 0.1) is 5.69 Å². The summed E-state index contributed by atoms with van der Waals surface area (Å²) in [6.45, 7) is 2.62. The Hall–Kier alpha value is -2.60. The molecule has 0 spiro atoms. The molecule has 6 nitrogen and oxygen atoms in total.